The summed E-state index contributed by atoms with van der Waals surface area (Å²) in [6.45, 7) is 3.84. The zero-order chi connectivity index (χ0) is 18.6. The molecule has 2 atom stereocenters. The highest BCUT2D eigenvalue weighted by atomic mass is 16.3. The molecule has 1 aromatic carbocycles. The first-order valence-electron chi connectivity index (χ1n) is 8.85. The molecule has 1 aliphatic carbocycles. The summed E-state index contributed by atoms with van der Waals surface area (Å²) in [7, 11) is 0. The van der Waals surface area contributed by atoms with E-state index in [-0.39, 0.29) is 17.6 Å². The maximum atomic E-state index is 12.3. The topological polar surface area (TPSA) is 75.1 Å². The minimum Gasteiger partial charge on any atom is -0.378 e. The normalized spacial score (nSPS) is 22.2. The molecule has 0 spiro atoms. The highest BCUT2D eigenvalue weighted by Crippen LogP contribution is 2.28. The average Bonchev–Trinajstić information content (AvgIpc) is 2.61. The fraction of sp³-hybridized carbons (Fsp3) is 0.381. The lowest BCUT2D eigenvalue weighted by Gasteiger charge is -2.33. The molecule has 2 aromatic rings. The van der Waals surface area contributed by atoms with Gasteiger partial charge in [-0.1, -0.05) is 24.0 Å². The van der Waals surface area contributed by atoms with E-state index in [9.17, 15) is 9.90 Å². The molecule has 1 fully saturated rings. The number of benzene rings is 1. The Kier molecular flexibility index (Phi) is 5.34. The van der Waals surface area contributed by atoms with E-state index in [0.29, 0.717) is 12.8 Å². The van der Waals surface area contributed by atoms with Crippen LogP contribution >= 0.6 is 0 Å². The smallest absolute Gasteiger partial charge is 0.271 e. The number of aliphatic hydroxyl groups is 1. The van der Waals surface area contributed by atoms with Crippen LogP contribution < -0.4 is 5.32 Å². The molecule has 5 heteroatoms. The summed E-state index contributed by atoms with van der Waals surface area (Å²) >= 11 is 0. The molecule has 2 N–H and O–H groups in total. The zero-order valence-electron chi connectivity index (χ0n) is 15.1. The quantitative estimate of drug-likeness (QED) is 0.817. The molecule has 0 radical (unpaired) electrons. The van der Waals surface area contributed by atoms with Crippen LogP contribution in [0.1, 0.15) is 53.0 Å². The second-order valence-corrected chi connectivity index (χ2v) is 6.96. The number of rotatable bonds is 2. The van der Waals surface area contributed by atoms with Crippen molar-refractivity contribution in [1.29, 1.82) is 0 Å². The number of hydrogen-bond acceptors (Lipinski definition) is 4. The molecule has 26 heavy (non-hydrogen) atoms. The van der Waals surface area contributed by atoms with Crippen LogP contribution in [0.15, 0.2) is 36.7 Å². The van der Waals surface area contributed by atoms with Gasteiger partial charge in [0.05, 0.1) is 11.9 Å². The van der Waals surface area contributed by atoms with Crippen LogP contribution in [0.25, 0.3) is 0 Å². The number of carbonyl (C=O) groups excluding carboxylic acids is 1. The standard InChI is InChI=1S/C21H23N3O2/c1-15-5-3-6-17(11-15)8-10-21(26)9-4-7-18(12-21)24-20(25)19-14-22-16(2)13-23-19/h3,5-6,11,13-14,18,26H,4,7,9,12H2,1-2H3,(H,24,25). The number of aryl methyl sites for hydroxylation is 2. The average molecular weight is 349 g/mol. The van der Waals surface area contributed by atoms with Crippen molar-refractivity contribution < 1.29 is 9.90 Å². The van der Waals surface area contributed by atoms with E-state index in [1.165, 1.54) is 6.20 Å². The molecule has 1 amide bonds. The van der Waals surface area contributed by atoms with Gasteiger partial charge in [0.25, 0.3) is 5.91 Å². The van der Waals surface area contributed by atoms with E-state index >= 15 is 0 Å². The Morgan fingerprint density at radius 3 is 2.88 bits per heavy atom. The fourth-order valence-corrected chi connectivity index (χ4v) is 3.17. The van der Waals surface area contributed by atoms with Crippen molar-refractivity contribution in [1.82, 2.24) is 15.3 Å². The van der Waals surface area contributed by atoms with Gasteiger partial charge in [-0.05, 0) is 50.8 Å². The van der Waals surface area contributed by atoms with Crippen LogP contribution in [-0.2, 0) is 0 Å². The van der Waals surface area contributed by atoms with Gasteiger partial charge in [-0.25, -0.2) is 4.98 Å². The van der Waals surface area contributed by atoms with E-state index in [0.717, 1.165) is 29.7 Å². The number of hydrogen-bond donors (Lipinski definition) is 2. The summed E-state index contributed by atoms with van der Waals surface area (Å²) in [4.78, 5) is 20.5. The van der Waals surface area contributed by atoms with Gasteiger partial charge in [0.1, 0.15) is 11.3 Å². The second kappa shape index (κ2) is 7.67. The van der Waals surface area contributed by atoms with Crippen molar-refractivity contribution in [2.45, 2.75) is 51.2 Å². The van der Waals surface area contributed by atoms with Crippen LogP contribution in [0.5, 0.6) is 0 Å². The summed E-state index contributed by atoms with van der Waals surface area (Å²) in [5.41, 5.74) is 1.99. The van der Waals surface area contributed by atoms with Crippen molar-refractivity contribution in [3.8, 4) is 11.8 Å². The first-order valence-corrected chi connectivity index (χ1v) is 8.85. The molecule has 0 bridgehead atoms. The van der Waals surface area contributed by atoms with Crippen molar-refractivity contribution >= 4 is 5.91 Å². The summed E-state index contributed by atoms with van der Waals surface area (Å²) < 4.78 is 0. The Labute approximate surface area is 153 Å². The van der Waals surface area contributed by atoms with Crippen molar-refractivity contribution in [3.63, 3.8) is 0 Å². The largest absolute Gasteiger partial charge is 0.378 e. The molecule has 3 rings (SSSR count). The third-order valence-corrected chi connectivity index (χ3v) is 4.53. The SMILES string of the molecule is Cc1cccc(C#CC2(O)CCCC(NC(=O)c3cnc(C)cn3)C2)c1. The third kappa shape index (κ3) is 4.68. The highest BCUT2D eigenvalue weighted by Gasteiger charge is 2.33. The lowest BCUT2D eigenvalue weighted by molar-refractivity contribution is 0.0451. The molecule has 1 aliphatic rings. The Balaban J connectivity index is 1.66. The van der Waals surface area contributed by atoms with Gasteiger partial charge >= 0.3 is 0 Å². The van der Waals surface area contributed by atoms with E-state index in [2.05, 4.69) is 27.1 Å². The minimum absolute atomic E-state index is 0.129. The van der Waals surface area contributed by atoms with Crippen LogP contribution in [0, 0.1) is 25.7 Å². The molecule has 1 saturated carbocycles. The molecule has 0 saturated heterocycles. The summed E-state index contributed by atoms with van der Waals surface area (Å²) in [6.07, 6.45) is 5.69. The third-order valence-electron chi connectivity index (χ3n) is 4.53. The van der Waals surface area contributed by atoms with Crippen LogP contribution in [0.2, 0.25) is 0 Å². The number of carbonyl (C=O) groups is 1. The van der Waals surface area contributed by atoms with E-state index < -0.39 is 5.60 Å². The summed E-state index contributed by atoms with van der Waals surface area (Å²) in [5.74, 6) is 5.83. The molecule has 2 unspecified atom stereocenters. The predicted octanol–water partition coefficient (Wildman–Crippen LogP) is 2.55. The highest BCUT2D eigenvalue weighted by molar-refractivity contribution is 5.92. The molecular weight excluding hydrogens is 326 g/mol. The first kappa shape index (κ1) is 18.1. The fourth-order valence-electron chi connectivity index (χ4n) is 3.17. The van der Waals surface area contributed by atoms with E-state index in [1.807, 2.05) is 38.1 Å². The molecule has 1 aromatic heterocycles. The van der Waals surface area contributed by atoms with Gasteiger partial charge in [0.2, 0.25) is 0 Å². The maximum Gasteiger partial charge on any atom is 0.271 e. The zero-order valence-corrected chi connectivity index (χ0v) is 15.1. The number of amides is 1. The monoisotopic (exact) mass is 349 g/mol. The van der Waals surface area contributed by atoms with Gasteiger partial charge < -0.3 is 10.4 Å². The minimum atomic E-state index is -1.08. The van der Waals surface area contributed by atoms with E-state index in [1.54, 1.807) is 6.20 Å². The van der Waals surface area contributed by atoms with Crippen LogP contribution in [0.4, 0.5) is 0 Å². The molecule has 0 aliphatic heterocycles. The lowest BCUT2D eigenvalue weighted by atomic mass is 9.82. The molecule has 5 nitrogen and oxygen atoms in total. The lowest BCUT2D eigenvalue weighted by Crippen LogP contribution is -2.45. The van der Waals surface area contributed by atoms with Crippen molar-refractivity contribution in [3.05, 3.63) is 59.2 Å². The van der Waals surface area contributed by atoms with Crippen LogP contribution in [-0.4, -0.2) is 32.6 Å². The van der Waals surface area contributed by atoms with Crippen LogP contribution in [0.3, 0.4) is 0 Å². The number of aromatic nitrogens is 2. The van der Waals surface area contributed by atoms with Gasteiger partial charge in [-0.2, -0.15) is 0 Å². The van der Waals surface area contributed by atoms with E-state index in [4.69, 9.17) is 0 Å². The second-order valence-electron chi connectivity index (χ2n) is 6.96. The Hall–Kier alpha value is -2.71. The van der Waals surface area contributed by atoms with Gasteiger partial charge in [0, 0.05) is 24.2 Å². The Morgan fingerprint density at radius 1 is 1.31 bits per heavy atom. The number of nitrogens with one attached hydrogen (secondary N) is 1. The Morgan fingerprint density at radius 2 is 2.15 bits per heavy atom. The molecule has 134 valence electrons. The van der Waals surface area contributed by atoms with Crippen molar-refractivity contribution in [2.24, 2.45) is 0 Å². The molecular formula is C21H23N3O2. The van der Waals surface area contributed by atoms with Gasteiger partial charge in [-0.3, -0.25) is 9.78 Å². The van der Waals surface area contributed by atoms with Gasteiger partial charge in [-0.15, -0.1) is 0 Å². The molecule has 1 heterocycles. The van der Waals surface area contributed by atoms with Gasteiger partial charge in [0.15, 0.2) is 0 Å². The Bertz CT molecular complexity index is 852. The summed E-state index contributed by atoms with van der Waals surface area (Å²) in [6, 6.07) is 7.77. The summed E-state index contributed by atoms with van der Waals surface area (Å²) in [5, 5.41) is 13.8. The predicted molar refractivity (Wildman–Crippen MR) is 99.5 cm³/mol. The first-order chi connectivity index (χ1) is 12.4. The number of nitrogens with zero attached hydrogens (tertiary/aromatic N) is 2. The maximum absolute atomic E-state index is 12.3. The van der Waals surface area contributed by atoms with Crippen molar-refractivity contribution in [2.75, 3.05) is 0 Å².